The minimum absolute atomic E-state index is 0.181. The number of aromatic nitrogens is 1. The van der Waals surface area contributed by atoms with E-state index < -0.39 is 12.0 Å². The van der Waals surface area contributed by atoms with E-state index in [1.165, 1.54) is 29.8 Å². The van der Waals surface area contributed by atoms with Crippen molar-refractivity contribution >= 4 is 34.7 Å². The Balaban J connectivity index is 1.87. The van der Waals surface area contributed by atoms with Crippen LogP contribution in [0, 0.1) is 0 Å². The van der Waals surface area contributed by atoms with Crippen molar-refractivity contribution in [2.75, 3.05) is 13.7 Å². The number of fused-ring (bicyclic) bond motifs is 1. The maximum absolute atomic E-state index is 13.3. The van der Waals surface area contributed by atoms with Crippen LogP contribution in [0.3, 0.4) is 0 Å². The number of ether oxygens (including phenoxy) is 2. The van der Waals surface area contributed by atoms with Gasteiger partial charge in [-0.15, -0.1) is 11.3 Å². The molecule has 0 amide bonds. The summed E-state index contributed by atoms with van der Waals surface area (Å²) < 4.78 is 12.6. The van der Waals surface area contributed by atoms with Gasteiger partial charge in [0.2, 0.25) is 0 Å². The quantitative estimate of drug-likeness (QED) is 0.572. The van der Waals surface area contributed by atoms with Crippen molar-refractivity contribution < 1.29 is 14.3 Å². The SMILES string of the molecule is CCOc1ccc(C=c2sc3n(c2=O)C(c2cccs2)C(C(=O)OC)=C(C)N=3)cc1. The van der Waals surface area contributed by atoms with Crippen molar-refractivity contribution in [1.29, 1.82) is 0 Å². The number of hydrogen-bond acceptors (Lipinski definition) is 7. The number of carbonyl (C=O) groups excluding carboxylic acids is 1. The lowest BCUT2D eigenvalue weighted by Crippen LogP contribution is -2.39. The minimum Gasteiger partial charge on any atom is -0.494 e. The first-order chi connectivity index (χ1) is 14.5. The Morgan fingerprint density at radius 3 is 2.67 bits per heavy atom. The van der Waals surface area contributed by atoms with Gasteiger partial charge >= 0.3 is 5.97 Å². The molecule has 0 bridgehead atoms. The molecule has 1 atom stereocenters. The third-order valence-electron chi connectivity index (χ3n) is 4.73. The van der Waals surface area contributed by atoms with Gasteiger partial charge in [0.1, 0.15) is 11.8 Å². The van der Waals surface area contributed by atoms with Crippen LogP contribution in [-0.4, -0.2) is 24.3 Å². The van der Waals surface area contributed by atoms with Gasteiger partial charge in [0.25, 0.3) is 5.56 Å². The van der Waals surface area contributed by atoms with E-state index in [-0.39, 0.29) is 5.56 Å². The molecule has 30 heavy (non-hydrogen) atoms. The number of hydrogen-bond donors (Lipinski definition) is 0. The largest absolute Gasteiger partial charge is 0.494 e. The number of rotatable bonds is 5. The topological polar surface area (TPSA) is 69.9 Å². The number of nitrogens with zero attached hydrogens (tertiary/aromatic N) is 2. The van der Waals surface area contributed by atoms with E-state index in [2.05, 4.69) is 4.99 Å². The second kappa shape index (κ2) is 8.41. The van der Waals surface area contributed by atoms with E-state index in [0.29, 0.717) is 27.2 Å². The summed E-state index contributed by atoms with van der Waals surface area (Å²) in [7, 11) is 1.34. The van der Waals surface area contributed by atoms with Crippen LogP contribution >= 0.6 is 22.7 Å². The average Bonchev–Trinajstić information content (AvgIpc) is 3.37. The zero-order chi connectivity index (χ0) is 21.3. The van der Waals surface area contributed by atoms with Crippen LogP contribution in [0.1, 0.15) is 30.3 Å². The van der Waals surface area contributed by atoms with Crippen LogP contribution in [0.15, 0.2) is 62.8 Å². The van der Waals surface area contributed by atoms with Crippen LogP contribution in [0.5, 0.6) is 5.75 Å². The molecule has 4 rings (SSSR count). The molecule has 0 saturated carbocycles. The van der Waals surface area contributed by atoms with Gasteiger partial charge < -0.3 is 9.47 Å². The smallest absolute Gasteiger partial charge is 0.338 e. The van der Waals surface area contributed by atoms with Gasteiger partial charge in [-0.3, -0.25) is 9.36 Å². The summed E-state index contributed by atoms with van der Waals surface area (Å²) in [4.78, 5) is 31.9. The van der Waals surface area contributed by atoms with Crippen molar-refractivity contribution in [1.82, 2.24) is 4.57 Å². The average molecular weight is 441 g/mol. The standard InChI is InChI=1S/C22H20N2O4S2/c1-4-28-15-9-7-14(8-10-15)12-17-20(25)24-19(16-6-5-11-29-16)18(21(26)27-3)13(2)23-22(24)30-17/h5-12,19H,4H2,1-3H3. The van der Waals surface area contributed by atoms with Crippen LogP contribution in [0.25, 0.3) is 6.08 Å². The molecule has 1 aromatic carbocycles. The molecule has 6 nitrogen and oxygen atoms in total. The van der Waals surface area contributed by atoms with E-state index in [0.717, 1.165) is 16.2 Å². The van der Waals surface area contributed by atoms with Crippen molar-refractivity contribution in [2.24, 2.45) is 4.99 Å². The predicted octanol–water partition coefficient (Wildman–Crippen LogP) is 2.87. The first kappa shape index (κ1) is 20.3. The molecular weight excluding hydrogens is 420 g/mol. The fourth-order valence-corrected chi connectivity index (χ4v) is 5.26. The monoisotopic (exact) mass is 440 g/mol. The van der Waals surface area contributed by atoms with Crippen LogP contribution in [0.2, 0.25) is 0 Å². The van der Waals surface area contributed by atoms with Crippen molar-refractivity contribution in [3.63, 3.8) is 0 Å². The van der Waals surface area contributed by atoms with E-state index in [9.17, 15) is 9.59 Å². The third kappa shape index (κ3) is 3.64. The van der Waals surface area contributed by atoms with Gasteiger partial charge in [-0.25, -0.2) is 9.79 Å². The number of thiazole rings is 1. The molecule has 0 saturated heterocycles. The van der Waals surface area contributed by atoms with Crippen LogP contribution in [0.4, 0.5) is 0 Å². The molecule has 0 aliphatic carbocycles. The maximum atomic E-state index is 13.3. The van der Waals surface area contributed by atoms with E-state index in [1.54, 1.807) is 11.5 Å². The summed E-state index contributed by atoms with van der Waals surface area (Å²) >= 11 is 2.80. The van der Waals surface area contributed by atoms with Gasteiger partial charge in [0, 0.05) is 4.88 Å². The third-order valence-corrected chi connectivity index (χ3v) is 6.64. The number of thiophene rings is 1. The van der Waals surface area contributed by atoms with Crippen molar-refractivity contribution in [2.45, 2.75) is 19.9 Å². The molecular formula is C22H20N2O4S2. The van der Waals surface area contributed by atoms with Gasteiger partial charge in [-0.2, -0.15) is 0 Å². The molecule has 0 radical (unpaired) electrons. The molecule has 1 aliphatic heterocycles. The summed E-state index contributed by atoms with van der Waals surface area (Å²) in [6.07, 6.45) is 1.84. The molecule has 8 heteroatoms. The Bertz CT molecular complexity index is 1280. The second-order valence-electron chi connectivity index (χ2n) is 6.59. The Labute approximate surface area is 181 Å². The van der Waals surface area contributed by atoms with Crippen LogP contribution < -0.4 is 19.6 Å². The lowest BCUT2D eigenvalue weighted by molar-refractivity contribution is -0.136. The Morgan fingerprint density at radius 1 is 1.27 bits per heavy atom. The lowest BCUT2D eigenvalue weighted by Gasteiger charge is -2.22. The zero-order valence-corrected chi connectivity index (χ0v) is 18.4. The summed E-state index contributed by atoms with van der Waals surface area (Å²) in [6, 6.07) is 10.8. The fourth-order valence-electron chi connectivity index (χ4n) is 3.39. The minimum atomic E-state index is -0.545. The molecule has 1 unspecified atom stereocenters. The van der Waals surface area contributed by atoms with Crippen LogP contribution in [-0.2, 0) is 9.53 Å². The molecule has 0 spiro atoms. The number of methoxy groups -OCH3 is 1. The second-order valence-corrected chi connectivity index (χ2v) is 8.58. The van der Waals surface area contributed by atoms with Gasteiger partial charge in [0.15, 0.2) is 4.80 Å². The number of benzene rings is 1. The number of esters is 1. The summed E-state index contributed by atoms with van der Waals surface area (Å²) in [6.45, 7) is 4.31. The maximum Gasteiger partial charge on any atom is 0.338 e. The van der Waals surface area contributed by atoms with Gasteiger partial charge in [-0.1, -0.05) is 29.5 Å². The van der Waals surface area contributed by atoms with E-state index in [4.69, 9.17) is 9.47 Å². The predicted molar refractivity (Wildman–Crippen MR) is 118 cm³/mol. The summed E-state index contributed by atoms with van der Waals surface area (Å²) in [5, 5.41) is 1.93. The highest BCUT2D eigenvalue weighted by atomic mass is 32.1. The number of carbonyl (C=O) groups is 1. The van der Waals surface area contributed by atoms with Crippen molar-refractivity contribution in [3.8, 4) is 5.75 Å². The molecule has 0 fully saturated rings. The van der Waals surface area contributed by atoms with Crippen molar-refractivity contribution in [3.05, 3.63) is 83.2 Å². The van der Waals surface area contributed by atoms with E-state index >= 15 is 0 Å². The normalized spacial score (nSPS) is 16.2. The zero-order valence-electron chi connectivity index (χ0n) is 16.7. The molecule has 2 aromatic heterocycles. The molecule has 1 aliphatic rings. The summed E-state index contributed by atoms with van der Waals surface area (Å²) in [5.41, 5.74) is 1.66. The number of allylic oxidation sites excluding steroid dienone is 1. The molecule has 3 heterocycles. The fraction of sp³-hybridized carbons (Fsp3) is 0.227. The first-order valence-corrected chi connectivity index (χ1v) is 11.1. The molecule has 3 aromatic rings. The molecule has 0 N–H and O–H groups in total. The van der Waals surface area contributed by atoms with Gasteiger partial charge in [0.05, 0.1) is 29.5 Å². The molecule has 154 valence electrons. The van der Waals surface area contributed by atoms with E-state index in [1.807, 2.05) is 54.8 Å². The Morgan fingerprint density at radius 2 is 2.03 bits per heavy atom. The first-order valence-electron chi connectivity index (χ1n) is 9.40. The Hall–Kier alpha value is -2.97. The highest BCUT2D eigenvalue weighted by Gasteiger charge is 2.33. The highest BCUT2D eigenvalue weighted by molar-refractivity contribution is 7.10. The van der Waals surface area contributed by atoms with Gasteiger partial charge in [-0.05, 0) is 49.1 Å². The highest BCUT2D eigenvalue weighted by Crippen LogP contribution is 2.32. The Kier molecular flexibility index (Phi) is 5.69. The summed E-state index contributed by atoms with van der Waals surface area (Å²) in [5.74, 6) is 0.308. The lowest BCUT2D eigenvalue weighted by atomic mass is 10.0.